The first-order valence-electron chi connectivity index (χ1n) is 11.2. The summed E-state index contributed by atoms with van der Waals surface area (Å²) < 4.78 is 7.84. The zero-order valence-corrected chi connectivity index (χ0v) is 20.0. The number of amides is 2. The number of furan rings is 1. The highest BCUT2D eigenvalue weighted by Crippen LogP contribution is 2.25. The van der Waals surface area contributed by atoms with Gasteiger partial charge in [-0.1, -0.05) is 41.4 Å². The van der Waals surface area contributed by atoms with Gasteiger partial charge in [0.1, 0.15) is 17.2 Å². The maximum Gasteiger partial charge on any atom is 0.267 e. The number of carbonyl (C=O) groups excluding carboxylic acids is 2. The van der Waals surface area contributed by atoms with Crippen molar-refractivity contribution in [3.05, 3.63) is 107 Å². The van der Waals surface area contributed by atoms with Crippen LogP contribution in [-0.2, 0) is 11.3 Å². The van der Waals surface area contributed by atoms with Crippen LogP contribution in [0, 0.1) is 6.92 Å². The van der Waals surface area contributed by atoms with E-state index < -0.39 is 5.91 Å². The van der Waals surface area contributed by atoms with E-state index in [1.54, 1.807) is 48.9 Å². The Morgan fingerprint density at radius 1 is 1.11 bits per heavy atom. The lowest BCUT2D eigenvalue weighted by Crippen LogP contribution is -2.35. The van der Waals surface area contributed by atoms with Gasteiger partial charge in [0, 0.05) is 47.7 Å². The minimum atomic E-state index is -0.406. The predicted octanol–water partition coefficient (Wildman–Crippen LogP) is 5.08. The molecule has 2 N–H and O–H groups in total. The molecule has 7 nitrogen and oxygen atoms in total. The number of nitrogens with zero attached hydrogens (tertiary/aromatic N) is 2. The molecule has 2 aromatic carbocycles. The fourth-order valence-corrected chi connectivity index (χ4v) is 3.60. The van der Waals surface area contributed by atoms with Crippen LogP contribution >= 0.6 is 11.6 Å². The van der Waals surface area contributed by atoms with Gasteiger partial charge in [0.2, 0.25) is 0 Å². The number of rotatable bonds is 9. The van der Waals surface area contributed by atoms with Crippen LogP contribution in [0.3, 0.4) is 0 Å². The van der Waals surface area contributed by atoms with Gasteiger partial charge in [-0.25, -0.2) is 4.98 Å². The Morgan fingerprint density at radius 2 is 1.94 bits per heavy atom. The lowest BCUT2D eigenvalue weighted by Gasteiger charge is -2.11. The summed E-state index contributed by atoms with van der Waals surface area (Å²) in [6.45, 7) is 3.09. The molecule has 0 spiro atoms. The lowest BCUT2D eigenvalue weighted by molar-refractivity contribution is -0.117. The smallest absolute Gasteiger partial charge is 0.267 e. The normalized spacial score (nSPS) is 11.3. The summed E-state index contributed by atoms with van der Waals surface area (Å²) in [6.07, 6.45) is 7.53. The summed E-state index contributed by atoms with van der Waals surface area (Å²) >= 11 is 6.09. The average molecular weight is 489 g/mol. The van der Waals surface area contributed by atoms with E-state index in [2.05, 4.69) is 15.6 Å². The number of benzene rings is 2. The van der Waals surface area contributed by atoms with Gasteiger partial charge in [0.15, 0.2) is 0 Å². The molecular weight excluding hydrogens is 464 g/mol. The van der Waals surface area contributed by atoms with E-state index in [9.17, 15) is 9.59 Å². The molecule has 0 fully saturated rings. The third kappa shape index (κ3) is 6.71. The van der Waals surface area contributed by atoms with Crippen LogP contribution in [0.25, 0.3) is 17.4 Å². The van der Waals surface area contributed by atoms with Crippen LogP contribution in [0.1, 0.15) is 28.1 Å². The highest BCUT2D eigenvalue weighted by Gasteiger charge is 2.16. The third-order valence-electron chi connectivity index (χ3n) is 5.27. The Kier molecular flexibility index (Phi) is 7.80. The molecule has 0 saturated heterocycles. The van der Waals surface area contributed by atoms with Crippen molar-refractivity contribution in [2.24, 2.45) is 0 Å². The van der Waals surface area contributed by atoms with E-state index in [1.165, 1.54) is 6.08 Å². The van der Waals surface area contributed by atoms with Crippen LogP contribution in [-0.4, -0.2) is 27.9 Å². The van der Waals surface area contributed by atoms with Gasteiger partial charge >= 0.3 is 0 Å². The predicted molar refractivity (Wildman–Crippen MR) is 136 cm³/mol. The molecule has 2 aromatic heterocycles. The second kappa shape index (κ2) is 11.4. The number of imidazole rings is 1. The lowest BCUT2D eigenvalue weighted by atomic mass is 10.1. The van der Waals surface area contributed by atoms with Gasteiger partial charge in [-0.05, 0) is 49.7 Å². The van der Waals surface area contributed by atoms with Gasteiger partial charge in [-0.15, -0.1) is 0 Å². The van der Waals surface area contributed by atoms with Crippen LogP contribution in [0.15, 0.2) is 89.5 Å². The summed E-state index contributed by atoms with van der Waals surface area (Å²) in [7, 11) is 0. The molecular formula is C27H25ClN4O3. The minimum Gasteiger partial charge on any atom is -0.457 e. The van der Waals surface area contributed by atoms with Crippen LogP contribution in [0.2, 0.25) is 5.02 Å². The number of aromatic nitrogens is 2. The van der Waals surface area contributed by atoms with Crippen LogP contribution < -0.4 is 10.6 Å². The third-order valence-corrected chi connectivity index (χ3v) is 5.50. The van der Waals surface area contributed by atoms with E-state index in [0.29, 0.717) is 35.1 Å². The van der Waals surface area contributed by atoms with Crippen molar-refractivity contribution < 1.29 is 14.0 Å². The largest absolute Gasteiger partial charge is 0.457 e. The molecule has 0 saturated carbocycles. The zero-order valence-electron chi connectivity index (χ0n) is 19.2. The first kappa shape index (κ1) is 24.0. The Labute approximate surface area is 208 Å². The fourth-order valence-electron chi connectivity index (χ4n) is 3.41. The molecule has 35 heavy (non-hydrogen) atoms. The standard InChI is InChI=1S/C27H25ClN4O3/c1-19-6-8-20(9-7-19)26(33)31-24(27(34)30-12-3-14-32-15-13-29-18-32)17-23-10-11-25(35-23)21-4-2-5-22(28)16-21/h2,4-11,13,15-18H,3,12,14H2,1H3,(H,30,34)(H,31,33). The molecule has 0 atom stereocenters. The van der Waals surface area contributed by atoms with Gasteiger partial charge in [-0.2, -0.15) is 0 Å². The van der Waals surface area contributed by atoms with E-state index in [1.807, 2.05) is 42.0 Å². The van der Waals surface area contributed by atoms with Crippen molar-refractivity contribution >= 4 is 29.5 Å². The molecule has 2 heterocycles. The quantitative estimate of drug-likeness (QED) is 0.254. The Morgan fingerprint density at radius 3 is 2.69 bits per heavy atom. The van der Waals surface area contributed by atoms with E-state index in [4.69, 9.17) is 16.0 Å². The Hall–Kier alpha value is -4.10. The Bertz CT molecular complexity index is 1320. The molecule has 8 heteroatoms. The van der Waals surface area contributed by atoms with Crippen LogP contribution in [0.5, 0.6) is 0 Å². The van der Waals surface area contributed by atoms with E-state index in [-0.39, 0.29) is 11.6 Å². The highest BCUT2D eigenvalue weighted by molar-refractivity contribution is 6.30. The SMILES string of the molecule is Cc1ccc(C(=O)NC(=Cc2ccc(-c3cccc(Cl)c3)o2)C(=O)NCCCn2ccnc2)cc1. The number of hydrogen-bond donors (Lipinski definition) is 2. The van der Waals surface area contributed by atoms with Gasteiger partial charge in [0.05, 0.1) is 6.33 Å². The number of hydrogen-bond acceptors (Lipinski definition) is 4. The van der Waals surface area contributed by atoms with E-state index >= 15 is 0 Å². The summed E-state index contributed by atoms with van der Waals surface area (Å²) in [6, 6.07) is 17.9. The zero-order chi connectivity index (χ0) is 24.6. The first-order valence-corrected chi connectivity index (χ1v) is 11.6. The van der Waals surface area contributed by atoms with Crippen molar-refractivity contribution in [2.75, 3.05) is 6.54 Å². The highest BCUT2D eigenvalue weighted by atomic mass is 35.5. The molecule has 0 unspecified atom stereocenters. The molecule has 4 aromatic rings. The molecule has 178 valence electrons. The summed E-state index contributed by atoms with van der Waals surface area (Å²) in [5, 5.41) is 6.18. The molecule has 2 amide bonds. The van der Waals surface area contributed by atoms with E-state index in [0.717, 1.165) is 17.7 Å². The van der Waals surface area contributed by atoms with Gasteiger partial charge < -0.3 is 19.6 Å². The van der Waals surface area contributed by atoms with Gasteiger partial charge in [-0.3, -0.25) is 9.59 Å². The van der Waals surface area contributed by atoms with Crippen LogP contribution in [0.4, 0.5) is 0 Å². The molecule has 0 radical (unpaired) electrons. The summed E-state index contributed by atoms with van der Waals surface area (Å²) in [5.41, 5.74) is 2.39. The number of carbonyl (C=O) groups is 2. The molecule has 4 rings (SSSR count). The topological polar surface area (TPSA) is 89.2 Å². The van der Waals surface area contributed by atoms with Crippen molar-refractivity contribution in [1.29, 1.82) is 0 Å². The number of aryl methyl sites for hydroxylation is 2. The molecule has 0 aliphatic heterocycles. The molecule has 0 bridgehead atoms. The summed E-state index contributed by atoms with van der Waals surface area (Å²) in [5.74, 6) is 0.236. The number of halogens is 1. The van der Waals surface area contributed by atoms with Crippen molar-refractivity contribution in [3.63, 3.8) is 0 Å². The van der Waals surface area contributed by atoms with Crippen molar-refractivity contribution in [1.82, 2.24) is 20.2 Å². The van der Waals surface area contributed by atoms with Crippen molar-refractivity contribution in [3.8, 4) is 11.3 Å². The second-order valence-corrected chi connectivity index (χ2v) is 8.44. The van der Waals surface area contributed by atoms with Crippen molar-refractivity contribution in [2.45, 2.75) is 19.9 Å². The molecule has 0 aliphatic carbocycles. The van der Waals surface area contributed by atoms with Gasteiger partial charge in [0.25, 0.3) is 11.8 Å². The first-order chi connectivity index (χ1) is 17.0. The fraction of sp³-hybridized carbons (Fsp3) is 0.148. The minimum absolute atomic E-state index is 0.0881. The average Bonchev–Trinajstić information content (AvgIpc) is 3.54. The maximum atomic E-state index is 13.0. The molecule has 0 aliphatic rings. The Balaban J connectivity index is 1.50. The maximum absolute atomic E-state index is 13.0. The summed E-state index contributed by atoms with van der Waals surface area (Å²) in [4.78, 5) is 29.8. The second-order valence-electron chi connectivity index (χ2n) is 8.00. The monoisotopic (exact) mass is 488 g/mol. The number of nitrogens with one attached hydrogen (secondary N) is 2.